The van der Waals surface area contributed by atoms with Crippen molar-refractivity contribution in [2.24, 2.45) is 0 Å². The van der Waals surface area contributed by atoms with Crippen LogP contribution in [0.15, 0.2) is 48.8 Å². The number of pyridine rings is 2. The molecule has 0 aliphatic carbocycles. The summed E-state index contributed by atoms with van der Waals surface area (Å²) in [4.78, 5) is 36.1. The van der Waals surface area contributed by atoms with E-state index in [0.29, 0.717) is 22.6 Å². The van der Waals surface area contributed by atoms with Gasteiger partial charge in [0.2, 0.25) is 11.8 Å². The van der Waals surface area contributed by atoms with Gasteiger partial charge in [-0.3, -0.25) is 19.6 Å². The lowest BCUT2D eigenvalue weighted by molar-refractivity contribution is -0.122. The zero-order valence-electron chi connectivity index (χ0n) is 17.3. The number of amides is 2. The van der Waals surface area contributed by atoms with E-state index in [1.165, 1.54) is 11.0 Å². The van der Waals surface area contributed by atoms with E-state index in [1.54, 1.807) is 38.4 Å². The number of benzene rings is 1. The Labute approximate surface area is 182 Å². The van der Waals surface area contributed by atoms with Crippen LogP contribution < -0.4 is 10.2 Å². The van der Waals surface area contributed by atoms with Gasteiger partial charge in [-0.1, -0.05) is 6.07 Å². The number of nitrogens with zero attached hydrogens (tertiary/aromatic N) is 3. The third-order valence-corrected chi connectivity index (χ3v) is 5.31. The van der Waals surface area contributed by atoms with E-state index in [0.717, 1.165) is 17.7 Å². The molecule has 0 spiro atoms. The minimum absolute atomic E-state index is 0.0169. The summed E-state index contributed by atoms with van der Waals surface area (Å²) in [6, 6.07) is 8.26. The highest BCUT2D eigenvalue weighted by Crippen LogP contribution is 2.39. The number of aryl methyl sites for hydroxylation is 1. The molecule has 1 aliphatic rings. The third-order valence-electron chi connectivity index (χ3n) is 5.31. The molecule has 0 bridgehead atoms. The number of fused-ring (bicyclic) bond motifs is 3. The van der Waals surface area contributed by atoms with Crippen LogP contribution in [0.3, 0.4) is 0 Å². The lowest BCUT2D eigenvalue weighted by atomic mass is 9.98. The average molecular weight is 440 g/mol. The molecule has 1 N–H and O–H groups in total. The van der Waals surface area contributed by atoms with Crippen molar-refractivity contribution in [3.8, 4) is 11.1 Å². The largest absolute Gasteiger partial charge is 0.324 e. The standard InChI is InChI=1S/C23H19F3N4O2/c1-12-8-19-17(10-28-12)15-4-3-7-27-21(15)13(2)23(32)30(19)11-20(31)29-14-5-6-16(22(25)26)18(24)9-14/h3-10,13,22H,11H2,1-2H3,(H,29,31). The van der Waals surface area contributed by atoms with Crippen LogP contribution in [0.1, 0.15) is 36.2 Å². The summed E-state index contributed by atoms with van der Waals surface area (Å²) in [5.41, 5.74) is 2.43. The predicted molar refractivity (Wildman–Crippen MR) is 113 cm³/mol. The van der Waals surface area contributed by atoms with Crippen LogP contribution in [0.4, 0.5) is 24.5 Å². The van der Waals surface area contributed by atoms with Gasteiger partial charge in [-0.25, -0.2) is 13.2 Å². The molecule has 2 amide bonds. The Hall–Kier alpha value is -3.75. The number of rotatable bonds is 4. The average Bonchev–Trinajstić information content (AvgIpc) is 2.83. The van der Waals surface area contributed by atoms with Crippen molar-refractivity contribution >= 4 is 23.2 Å². The zero-order valence-corrected chi connectivity index (χ0v) is 17.3. The Bertz CT molecular complexity index is 1220. The smallest absolute Gasteiger partial charge is 0.266 e. The first-order valence-corrected chi connectivity index (χ1v) is 9.87. The van der Waals surface area contributed by atoms with Crippen LogP contribution in [0.25, 0.3) is 11.1 Å². The number of hydrogen-bond acceptors (Lipinski definition) is 4. The van der Waals surface area contributed by atoms with Crippen molar-refractivity contribution < 1.29 is 22.8 Å². The summed E-state index contributed by atoms with van der Waals surface area (Å²) in [6.45, 7) is 3.13. The summed E-state index contributed by atoms with van der Waals surface area (Å²) in [6.07, 6.45) is 0.281. The maximum absolute atomic E-state index is 13.9. The molecule has 6 nitrogen and oxygen atoms in total. The van der Waals surface area contributed by atoms with Gasteiger partial charge < -0.3 is 10.2 Å². The van der Waals surface area contributed by atoms with Crippen molar-refractivity contribution in [2.75, 3.05) is 16.8 Å². The van der Waals surface area contributed by atoms with Crippen molar-refractivity contribution in [1.29, 1.82) is 0 Å². The SMILES string of the molecule is Cc1cc2c(cn1)-c1cccnc1C(C)C(=O)N2CC(=O)Nc1ccc(C(F)F)c(F)c1. The molecule has 0 radical (unpaired) electrons. The molecule has 32 heavy (non-hydrogen) atoms. The molecule has 4 rings (SSSR count). The van der Waals surface area contributed by atoms with E-state index in [2.05, 4.69) is 15.3 Å². The molecule has 2 aromatic heterocycles. The first-order chi connectivity index (χ1) is 15.3. The van der Waals surface area contributed by atoms with Gasteiger partial charge in [-0.15, -0.1) is 0 Å². The fourth-order valence-corrected chi connectivity index (χ4v) is 3.73. The number of carbonyl (C=O) groups excluding carboxylic acids is 2. The molecular weight excluding hydrogens is 421 g/mol. The second kappa shape index (κ2) is 8.41. The van der Waals surface area contributed by atoms with Crippen LogP contribution in [0.2, 0.25) is 0 Å². The fraction of sp³-hybridized carbons (Fsp3) is 0.217. The molecular formula is C23H19F3N4O2. The van der Waals surface area contributed by atoms with Crippen molar-refractivity contribution in [2.45, 2.75) is 26.2 Å². The van der Waals surface area contributed by atoms with Crippen LogP contribution in [0, 0.1) is 12.7 Å². The van der Waals surface area contributed by atoms with Gasteiger partial charge in [-0.2, -0.15) is 0 Å². The lowest BCUT2D eigenvalue weighted by Gasteiger charge is -2.24. The summed E-state index contributed by atoms with van der Waals surface area (Å²) in [5.74, 6) is -2.67. The van der Waals surface area contributed by atoms with E-state index in [4.69, 9.17) is 0 Å². The van der Waals surface area contributed by atoms with Crippen molar-refractivity contribution in [3.05, 3.63) is 71.6 Å². The zero-order chi connectivity index (χ0) is 23.0. The summed E-state index contributed by atoms with van der Waals surface area (Å²) < 4.78 is 39.4. The van der Waals surface area contributed by atoms with Crippen molar-refractivity contribution in [3.63, 3.8) is 0 Å². The minimum Gasteiger partial charge on any atom is -0.324 e. The quantitative estimate of drug-likeness (QED) is 0.643. The molecule has 1 aliphatic heterocycles. The van der Waals surface area contributed by atoms with Gasteiger partial charge in [0.25, 0.3) is 6.43 Å². The van der Waals surface area contributed by atoms with Crippen LogP contribution >= 0.6 is 0 Å². The van der Waals surface area contributed by atoms with E-state index < -0.39 is 29.6 Å². The van der Waals surface area contributed by atoms with E-state index in [9.17, 15) is 22.8 Å². The normalized spacial score (nSPS) is 15.2. The van der Waals surface area contributed by atoms with Crippen molar-refractivity contribution in [1.82, 2.24) is 9.97 Å². The summed E-state index contributed by atoms with van der Waals surface area (Å²) in [5, 5.41) is 2.47. The number of aromatic nitrogens is 2. The maximum atomic E-state index is 13.9. The monoisotopic (exact) mass is 440 g/mol. The Kier molecular flexibility index (Phi) is 5.65. The highest BCUT2D eigenvalue weighted by Gasteiger charge is 2.33. The van der Waals surface area contributed by atoms with Gasteiger partial charge in [0.05, 0.1) is 22.9 Å². The van der Waals surface area contributed by atoms with Crippen LogP contribution in [-0.2, 0) is 9.59 Å². The van der Waals surface area contributed by atoms with Crippen LogP contribution in [-0.4, -0.2) is 28.3 Å². The van der Waals surface area contributed by atoms with E-state index >= 15 is 0 Å². The Morgan fingerprint density at radius 2 is 1.97 bits per heavy atom. The number of anilines is 2. The fourth-order valence-electron chi connectivity index (χ4n) is 3.73. The number of halogens is 3. The highest BCUT2D eigenvalue weighted by molar-refractivity contribution is 6.09. The second-order valence-electron chi connectivity index (χ2n) is 7.51. The molecule has 0 saturated heterocycles. The van der Waals surface area contributed by atoms with Gasteiger partial charge in [0.15, 0.2) is 0 Å². The number of hydrogen-bond donors (Lipinski definition) is 1. The highest BCUT2D eigenvalue weighted by atomic mass is 19.3. The third kappa shape index (κ3) is 3.93. The Balaban J connectivity index is 1.66. The molecule has 0 saturated carbocycles. The number of nitrogens with one attached hydrogen (secondary N) is 1. The molecule has 1 atom stereocenters. The molecule has 3 aromatic rings. The molecule has 164 valence electrons. The summed E-state index contributed by atoms with van der Waals surface area (Å²) in [7, 11) is 0. The van der Waals surface area contributed by atoms with Gasteiger partial charge in [-0.05, 0) is 44.2 Å². The van der Waals surface area contributed by atoms with Gasteiger partial charge >= 0.3 is 0 Å². The Morgan fingerprint density at radius 3 is 2.69 bits per heavy atom. The van der Waals surface area contributed by atoms with Gasteiger partial charge in [0.1, 0.15) is 12.4 Å². The number of carbonyl (C=O) groups is 2. The molecule has 1 aromatic carbocycles. The molecule has 9 heteroatoms. The van der Waals surface area contributed by atoms with Gasteiger partial charge in [0, 0.05) is 34.9 Å². The lowest BCUT2D eigenvalue weighted by Crippen LogP contribution is -2.40. The second-order valence-corrected chi connectivity index (χ2v) is 7.51. The minimum atomic E-state index is -2.96. The van der Waals surface area contributed by atoms with E-state index in [-0.39, 0.29) is 18.1 Å². The predicted octanol–water partition coefficient (Wildman–Crippen LogP) is 4.62. The topological polar surface area (TPSA) is 75.2 Å². The first-order valence-electron chi connectivity index (χ1n) is 9.87. The Morgan fingerprint density at radius 1 is 1.19 bits per heavy atom. The molecule has 0 fully saturated rings. The molecule has 1 unspecified atom stereocenters. The maximum Gasteiger partial charge on any atom is 0.266 e. The van der Waals surface area contributed by atoms with E-state index in [1.807, 2.05) is 6.07 Å². The van der Waals surface area contributed by atoms with Crippen LogP contribution in [0.5, 0.6) is 0 Å². The molecule has 3 heterocycles. The summed E-state index contributed by atoms with van der Waals surface area (Å²) >= 11 is 0. The number of alkyl halides is 2. The first kappa shape index (κ1) is 21.5.